The highest BCUT2D eigenvalue weighted by Crippen LogP contribution is 2.13. The molecule has 0 saturated carbocycles. The van der Waals surface area contributed by atoms with E-state index in [0.717, 1.165) is 5.56 Å². The quantitative estimate of drug-likeness (QED) is 0.818. The maximum Gasteiger partial charge on any atom is 0.242 e. The highest BCUT2D eigenvalue weighted by molar-refractivity contribution is 5.88. The fourth-order valence-electron chi connectivity index (χ4n) is 2.04. The molecular formula is C14H23N3O3. The summed E-state index contributed by atoms with van der Waals surface area (Å²) in [6.45, 7) is 7.59. The molecule has 6 heteroatoms. The van der Waals surface area contributed by atoms with Gasteiger partial charge in [0.05, 0.1) is 12.1 Å². The monoisotopic (exact) mass is 281 g/mol. The summed E-state index contributed by atoms with van der Waals surface area (Å²) in [6.07, 6.45) is 0.778. The van der Waals surface area contributed by atoms with Gasteiger partial charge in [-0.1, -0.05) is 19.0 Å². The molecule has 0 aliphatic heterocycles. The van der Waals surface area contributed by atoms with Crippen molar-refractivity contribution in [1.29, 1.82) is 0 Å². The van der Waals surface area contributed by atoms with Crippen LogP contribution in [0.4, 0.5) is 0 Å². The van der Waals surface area contributed by atoms with Crippen LogP contribution in [0.3, 0.4) is 0 Å². The van der Waals surface area contributed by atoms with E-state index in [0.29, 0.717) is 23.8 Å². The molecule has 0 radical (unpaired) electrons. The van der Waals surface area contributed by atoms with Gasteiger partial charge in [-0.05, 0) is 26.2 Å². The van der Waals surface area contributed by atoms with Gasteiger partial charge in [0.15, 0.2) is 0 Å². The summed E-state index contributed by atoms with van der Waals surface area (Å²) in [5.74, 6) is 0.578. The molecule has 0 aromatic carbocycles. The first-order valence-electron chi connectivity index (χ1n) is 6.77. The van der Waals surface area contributed by atoms with Gasteiger partial charge >= 0.3 is 0 Å². The Labute approximate surface area is 119 Å². The molecule has 0 aliphatic rings. The van der Waals surface area contributed by atoms with Crippen molar-refractivity contribution in [3.8, 4) is 0 Å². The number of carbonyl (C=O) groups is 2. The zero-order valence-corrected chi connectivity index (χ0v) is 12.7. The molecule has 0 bridgehead atoms. The number of likely N-dealkylation sites (N-methyl/N-ethyl adjacent to an activating group) is 1. The van der Waals surface area contributed by atoms with Crippen molar-refractivity contribution in [3.05, 3.63) is 17.0 Å². The van der Waals surface area contributed by atoms with E-state index in [2.05, 4.69) is 15.8 Å². The summed E-state index contributed by atoms with van der Waals surface area (Å²) in [4.78, 5) is 23.8. The van der Waals surface area contributed by atoms with E-state index < -0.39 is 6.04 Å². The number of nitrogens with one attached hydrogen (secondary N) is 2. The third-order valence-electron chi connectivity index (χ3n) is 3.12. The van der Waals surface area contributed by atoms with Crippen LogP contribution in [-0.4, -0.2) is 30.1 Å². The maximum atomic E-state index is 12.1. The van der Waals surface area contributed by atoms with E-state index in [1.54, 1.807) is 20.9 Å². The molecule has 0 spiro atoms. The van der Waals surface area contributed by atoms with Crippen LogP contribution in [0.2, 0.25) is 0 Å². The number of hydrogen-bond acceptors (Lipinski definition) is 4. The molecule has 2 N–H and O–H groups in total. The Balaban J connectivity index is 2.69. The summed E-state index contributed by atoms with van der Waals surface area (Å²) in [5.41, 5.74) is 1.49. The average molecular weight is 281 g/mol. The number of aromatic nitrogens is 1. The lowest BCUT2D eigenvalue weighted by Gasteiger charge is -2.19. The average Bonchev–Trinajstić information content (AvgIpc) is 2.68. The van der Waals surface area contributed by atoms with Gasteiger partial charge in [-0.3, -0.25) is 9.59 Å². The van der Waals surface area contributed by atoms with Crippen molar-refractivity contribution in [2.24, 2.45) is 5.92 Å². The van der Waals surface area contributed by atoms with Crippen LogP contribution in [0, 0.1) is 19.8 Å². The molecule has 0 fully saturated rings. The van der Waals surface area contributed by atoms with E-state index >= 15 is 0 Å². The van der Waals surface area contributed by atoms with Gasteiger partial charge in [0.1, 0.15) is 11.8 Å². The van der Waals surface area contributed by atoms with Gasteiger partial charge < -0.3 is 15.2 Å². The Bertz CT molecular complexity index is 461. The molecule has 1 atom stereocenters. The van der Waals surface area contributed by atoms with Gasteiger partial charge in [0.25, 0.3) is 0 Å². The Morgan fingerprint density at radius 3 is 2.40 bits per heavy atom. The Kier molecular flexibility index (Phi) is 5.73. The minimum atomic E-state index is -0.507. The van der Waals surface area contributed by atoms with Gasteiger partial charge in [0, 0.05) is 12.6 Å². The molecule has 0 unspecified atom stereocenters. The molecule has 6 nitrogen and oxygen atoms in total. The molecule has 1 aromatic heterocycles. The van der Waals surface area contributed by atoms with E-state index in [9.17, 15) is 9.59 Å². The zero-order chi connectivity index (χ0) is 15.3. The molecule has 0 aliphatic carbocycles. The third kappa shape index (κ3) is 4.36. The molecule has 1 rings (SSSR count). The molecule has 112 valence electrons. The van der Waals surface area contributed by atoms with Crippen LogP contribution in [0.15, 0.2) is 4.52 Å². The summed E-state index contributed by atoms with van der Waals surface area (Å²) in [7, 11) is 1.57. The molecule has 20 heavy (non-hydrogen) atoms. The molecule has 1 heterocycles. The van der Waals surface area contributed by atoms with Crippen molar-refractivity contribution in [2.75, 3.05) is 7.05 Å². The number of carbonyl (C=O) groups excluding carboxylic acids is 2. The SMILES string of the molecule is CNC(=O)[C@@H](CC(C)C)NC(=O)Cc1c(C)noc1C. The lowest BCUT2D eigenvalue weighted by molar-refractivity contribution is -0.128. The van der Waals surface area contributed by atoms with Gasteiger partial charge in [-0.2, -0.15) is 0 Å². The third-order valence-corrected chi connectivity index (χ3v) is 3.12. The van der Waals surface area contributed by atoms with E-state index in [4.69, 9.17) is 4.52 Å². The van der Waals surface area contributed by atoms with Crippen molar-refractivity contribution in [2.45, 2.75) is 46.6 Å². The number of amides is 2. The van der Waals surface area contributed by atoms with Crippen LogP contribution in [0.25, 0.3) is 0 Å². The van der Waals surface area contributed by atoms with Crippen LogP contribution >= 0.6 is 0 Å². The number of hydrogen-bond donors (Lipinski definition) is 2. The van der Waals surface area contributed by atoms with Gasteiger partial charge in [-0.15, -0.1) is 0 Å². The molecular weight excluding hydrogens is 258 g/mol. The second-order valence-corrected chi connectivity index (χ2v) is 5.34. The van der Waals surface area contributed by atoms with Crippen molar-refractivity contribution < 1.29 is 14.1 Å². The predicted molar refractivity (Wildman–Crippen MR) is 75.1 cm³/mol. The van der Waals surface area contributed by atoms with E-state index in [1.807, 2.05) is 13.8 Å². The summed E-state index contributed by atoms with van der Waals surface area (Å²) >= 11 is 0. The Hall–Kier alpha value is -1.85. The normalized spacial score (nSPS) is 12.3. The van der Waals surface area contributed by atoms with Crippen LogP contribution < -0.4 is 10.6 Å². The first-order chi connectivity index (χ1) is 9.35. The summed E-state index contributed by atoms with van der Waals surface area (Å²) in [6, 6.07) is -0.507. The second kappa shape index (κ2) is 7.07. The Morgan fingerprint density at radius 2 is 1.95 bits per heavy atom. The van der Waals surface area contributed by atoms with Crippen LogP contribution in [0.5, 0.6) is 0 Å². The van der Waals surface area contributed by atoms with Gasteiger partial charge in [-0.25, -0.2) is 0 Å². The van der Waals surface area contributed by atoms with Crippen LogP contribution in [-0.2, 0) is 16.0 Å². The number of nitrogens with zero attached hydrogens (tertiary/aromatic N) is 1. The minimum absolute atomic E-state index is 0.173. The fraction of sp³-hybridized carbons (Fsp3) is 0.643. The van der Waals surface area contributed by atoms with Crippen molar-refractivity contribution in [3.63, 3.8) is 0 Å². The van der Waals surface area contributed by atoms with E-state index in [1.165, 1.54) is 0 Å². The fourth-order valence-corrected chi connectivity index (χ4v) is 2.04. The lowest BCUT2D eigenvalue weighted by atomic mass is 10.0. The summed E-state index contributed by atoms with van der Waals surface area (Å²) in [5, 5.41) is 9.16. The Morgan fingerprint density at radius 1 is 1.30 bits per heavy atom. The standard InChI is InChI=1S/C14H23N3O3/c1-8(2)6-12(14(19)15-5)16-13(18)7-11-9(3)17-20-10(11)4/h8,12H,6-7H2,1-5H3,(H,15,19)(H,16,18)/t12-/m1/s1. The minimum Gasteiger partial charge on any atom is -0.361 e. The first-order valence-corrected chi connectivity index (χ1v) is 6.77. The highest BCUT2D eigenvalue weighted by atomic mass is 16.5. The van der Waals surface area contributed by atoms with Crippen molar-refractivity contribution in [1.82, 2.24) is 15.8 Å². The number of aryl methyl sites for hydroxylation is 2. The van der Waals surface area contributed by atoms with E-state index in [-0.39, 0.29) is 18.2 Å². The topological polar surface area (TPSA) is 84.2 Å². The zero-order valence-electron chi connectivity index (χ0n) is 12.7. The van der Waals surface area contributed by atoms with Crippen LogP contribution in [0.1, 0.15) is 37.3 Å². The first kappa shape index (κ1) is 16.2. The molecule has 0 saturated heterocycles. The number of rotatable bonds is 6. The predicted octanol–water partition coefficient (Wildman–Crippen LogP) is 1.11. The maximum absolute atomic E-state index is 12.1. The summed E-state index contributed by atoms with van der Waals surface area (Å²) < 4.78 is 5.03. The van der Waals surface area contributed by atoms with Crippen molar-refractivity contribution >= 4 is 11.8 Å². The highest BCUT2D eigenvalue weighted by Gasteiger charge is 2.22. The van der Waals surface area contributed by atoms with Gasteiger partial charge in [0.2, 0.25) is 11.8 Å². The molecule has 2 amide bonds. The lowest BCUT2D eigenvalue weighted by Crippen LogP contribution is -2.46. The largest absolute Gasteiger partial charge is 0.361 e. The second-order valence-electron chi connectivity index (χ2n) is 5.34. The smallest absolute Gasteiger partial charge is 0.242 e. The molecule has 1 aromatic rings.